The molecular formula is C74H45N3. The molecule has 0 bridgehead atoms. The third kappa shape index (κ3) is 6.60. The van der Waals surface area contributed by atoms with Gasteiger partial charge in [0, 0.05) is 38.2 Å². The Morgan fingerprint density at radius 3 is 1.43 bits per heavy atom. The van der Waals surface area contributed by atoms with Crippen LogP contribution in [0.25, 0.3) is 132 Å². The van der Waals surface area contributed by atoms with E-state index in [-0.39, 0.29) is 0 Å². The third-order valence-electron chi connectivity index (χ3n) is 16.5. The first-order valence-electron chi connectivity index (χ1n) is 26.5. The monoisotopic (exact) mass is 975 g/mol. The molecule has 77 heavy (non-hydrogen) atoms. The summed E-state index contributed by atoms with van der Waals surface area (Å²) in [5.74, 6) is 0. The molecule has 3 nitrogen and oxygen atoms in total. The fourth-order valence-corrected chi connectivity index (χ4v) is 12.9. The molecule has 1 aliphatic rings. The Labute approximate surface area is 445 Å². The van der Waals surface area contributed by atoms with Crippen molar-refractivity contribution in [2.75, 3.05) is 0 Å². The minimum Gasteiger partial charge on any atom is -0.247 e. The fraction of sp³-hybridized carbons (Fsp3) is 0.0135. The van der Waals surface area contributed by atoms with Gasteiger partial charge in [-0.15, -0.1) is 0 Å². The molecule has 0 aliphatic heterocycles. The van der Waals surface area contributed by atoms with Crippen LogP contribution in [0.4, 0.5) is 0 Å². The lowest BCUT2D eigenvalue weighted by Crippen LogP contribution is -2.28. The van der Waals surface area contributed by atoms with Gasteiger partial charge < -0.3 is 0 Å². The van der Waals surface area contributed by atoms with Crippen LogP contribution in [0, 0.1) is 0 Å². The van der Waals surface area contributed by atoms with Crippen LogP contribution in [-0.2, 0) is 5.41 Å². The van der Waals surface area contributed by atoms with Crippen LogP contribution in [-0.4, -0.2) is 15.0 Å². The second kappa shape index (κ2) is 17.0. The average molecular weight is 976 g/mol. The molecule has 3 heterocycles. The van der Waals surface area contributed by atoms with Crippen molar-refractivity contribution in [2.24, 2.45) is 0 Å². The average Bonchev–Trinajstić information content (AvgIpc) is 4.02. The largest absolute Gasteiger partial charge is 0.247 e. The van der Waals surface area contributed by atoms with E-state index in [1.807, 2.05) is 6.07 Å². The number of rotatable bonds is 6. The maximum atomic E-state index is 5.53. The summed E-state index contributed by atoms with van der Waals surface area (Å²) in [7, 11) is 0. The molecule has 356 valence electrons. The van der Waals surface area contributed by atoms with Gasteiger partial charge in [0.05, 0.1) is 39.0 Å². The van der Waals surface area contributed by atoms with E-state index in [0.717, 1.165) is 83.0 Å². The van der Waals surface area contributed by atoms with Crippen molar-refractivity contribution in [3.05, 3.63) is 295 Å². The number of nitrogens with zero attached hydrogens (tertiary/aromatic N) is 3. The highest BCUT2D eigenvalue weighted by Crippen LogP contribution is 2.57. The van der Waals surface area contributed by atoms with E-state index in [4.69, 9.17) is 15.0 Å². The molecule has 0 saturated carbocycles. The molecule has 0 unspecified atom stereocenters. The first-order chi connectivity index (χ1) is 38.2. The van der Waals surface area contributed by atoms with Gasteiger partial charge in [0.25, 0.3) is 0 Å². The molecule has 16 rings (SSSR count). The Kier molecular flexibility index (Phi) is 9.55. The van der Waals surface area contributed by atoms with Crippen LogP contribution in [0.3, 0.4) is 0 Å². The maximum Gasteiger partial charge on any atom is 0.0972 e. The van der Waals surface area contributed by atoms with Crippen LogP contribution in [0.2, 0.25) is 0 Å². The summed E-state index contributed by atoms with van der Waals surface area (Å²) >= 11 is 0. The predicted molar refractivity (Wildman–Crippen MR) is 321 cm³/mol. The number of hydrogen-bond acceptors (Lipinski definition) is 3. The molecule has 0 N–H and O–H groups in total. The van der Waals surface area contributed by atoms with Crippen molar-refractivity contribution < 1.29 is 0 Å². The molecule has 0 atom stereocenters. The van der Waals surface area contributed by atoms with Crippen molar-refractivity contribution in [2.45, 2.75) is 5.41 Å². The van der Waals surface area contributed by atoms with Crippen LogP contribution >= 0.6 is 0 Å². The van der Waals surface area contributed by atoms with Crippen LogP contribution in [0.5, 0.6) is 0 Å². The van der Waals surface area contributed by atoms with Gasteiger partial charge in [0.2, 0.25) is 0 Å². The zero-order valence-electron chi connectivity index (χ0n) is 41.8. The number of fused-ring (bicyclic) bond motifs is 15. The van der Waals surface area contributed by atoms with E-state index in [1.54, 1.807) is 0 Å². The third-order valence-corrected chi connectivity index (χ3v) is 16.5. The van der Waals surface area contributed by atoms with Crippen molar-refractivity contribution >= 4 is 75.8 Å². The molecule has 1 aliphatic carbocycles. The number of aromatic nitrogens is 3. The summed E-state index contributed by atoms with van der Waals surface area (Å²) < 4.78 is 0. The number of para-hydroxylation sites is 1. The Bertz CT molecular complexity index is 4850. The lowest BCUT2D eigenvalue weighted by Gasteiger charge is -2.34. The highest BCUT2D eigenvalue weighted by molar-refractivity contribution is 6.26. The molecule has 0 radical (unpaired) electrons. The molecule has 0 amide bonds. The van der Waals surface area contributed by atoms with Crippen LogP contribution in [0.1, 0.15) is 22.3 Å². The number of benzene rings is 12. The van der Waals surface area contributed by atoms with E-state index in [9.17, 15) is 0 Å². The van der Waals surface area contributed by atoms with E-state index in [1.165, 1.54) is 71.1 Å². The lowest BCUT2D eigenvalue weighted by molar-refractivity contribution is 0.769. The molecule has 0 saturated heterocycles. The van der Waals surface area contributed by atoms with E-state index < -0.39 is 5.41 Å². The second-order valence-corrected chi connectivity index (χ2v) is 20.6. The standard InChI is InChI=1S/C74H45N3/c1-4-17-46(18-5-1)68-39-35-47-31-32-48-36-40-69(76-73(48)72(47)75-68)51-34-38-58-57-37-33-50(42-61(57)55-25-10-11-26-56(55)62(58)43-51)49-19-16-20-52(41-49)71-65-44-64-59-27-12-14-29-66(59)74(53-21-6-2-7-22-53,54-23-8-3-9-24-54)67(64)45-63(65)60-28-13-15-30-70(60)77-71/h1-45H. The SMILES string of the molecule is c1ccc(-c2ccc3ccc4ccc(-c5ccc6c7ccc(-c8cccc(-c9nc%10ccccc%10c%10cc%11c(cc9%10)-c9ccccc9C%11(c9ccccc9)c9ccccc9)c8)cc7c7ccccc7c6c5)nc4c3n2)cc1. The molecule has 3 aromatic heterocycles. The molecule has 12 aromatic carbocycles. The summed E-state index contributed by atoms with van der Waals surface area (Å²) in [4.78, 5) is 16.1. The van der Waals surface area contributed by atoms with Gasteiger partial charge in [-0.2, -0.15) is 0 Å². The first-order valence-corrected chi connectivity index (χ1v) is 26.5. The van der Waals surface area contributed by atoms with Gasteiger partial charge in [0.1, 0.15) is 0 Å². The molecule has 3 heteroatoms. The van der Waals surface area contributed by atoms with Gasteiger partial charge in [0.15, 0.2) is 0 Å². The topological polar surface area (TPSA) is 38.7 Å². The molecular weight excluding hydrogens is 931 g/mol. The quantitative estimate of drug-likeness (QED) is 0.156. The predicted octanol–water partition coefficient (Wildman–Crippen LogP) is 19.0. The molecule has 15 aromatic rings. The molecule has 0 fully saturated rings. The smallest absolute Gasteiger partial charge is 0.0972 e. The summed E-state index contributed by atoms with van der Waals surface area (Å²) in [6.07, 6.45) is 0. The lowest BCUT2D eigenvalue weighted by atomic mass is 9.67. The minimum atomic E-state index is -0.503. The first kappa shape index (κ1) is 43.3. The minimum absolute atomic E-state index is 0.503. The maximum absolute atomic E-state index is 5.53. The van der Waals surface area contributed by atoms with Gasteiger partial charge in [-0.1, -0.05) is 224 Å². The normalized spacial score (nSPS) is 12.8. The second-order valence-electron chi connectivity index (χ2n) is 20.6. The van der Waals surface area contributed by atoms with Crippen LogP contribution in [0.15, 0.2) is 273 Å². The Morgan fingerprint density at radius 1 is 0.247 bits per heavy atom. The number of hydrogen-bond donors (Lipinski definition) is 0. The van der Waals surface area contributed by atoms with Crippen molar-refractivity contribution in [3.8, 4) is 56.0 Å². The van der Waals surface area contributed by atoms with Gasteiger partial charge in [-0.05, 0) is 131 Å². The summed E-state index contributed by atoms with van der Waals surface area (Å²) in [6.45, 7) is 0. The van der Waals surface area contributed by atoms with E-state index in [2.05, 4.69) is 267 Å². The zero-order chi connectivity index (χ0) is 50.6. The Balaban J connectivity index is 0.833. The van der Waals surface area contributed by atoms with E-state index >= 15 is 0 Å². The van der Waals surface area contributed by atoms with Gasteiger partial charge in [-0.3, -0.25) is 0 Å². The highest BCUT2D eigenvalue weighted by atomic mass is 14.8. The van der Waals surface area contributed by atoms with Gasteiger partial charge >= 0.3 is 0 Å². The van der Waals surface area contributed by atoms with Crippen molar-refractivity contribution in [1.82, 2.24) is 15.0 Å². The summed E-state index contributed by atoms with van der Waals surface area (Å²) in [6, 6.07) is 99.6. The molecule has 0 spiro atoms. The zero-order valence-corrected chi connectivity index (χ0v) is 41.8. The van der Waals surface area contributed by atoms with Crippen LogP contribution < -0.4 is 0 Å². The highest BCUT2D eigenvalue weighted by Gasteiger charge is 2.46. The van der Waals surface area contributed by atoms with Crippen molar-refractivity contribution in [3.63, 3.8) is 0 Å². The summed E-state index contributed by atoms with van der Waals surface area (Å²) in [5.41, 5.74) is 18.3. The fourth-order valence-electron chi connectivity index (χ4n) is 12.9. The number of pyridine rings is 3. The van der Waals surface area contributed by atoms with Gasteiger partial charge in [-0.25, -0.2) is 15.0 Å². The Morgan fingerprint density at radius 2 is 0.740 bits per heavy atom. The summed E-state index contributed by atoms with van der Waals surface area (Å²) in [5, 5.41) is 12.9. The van der Waals surface area contributed by atoms with Crippen molar-refractivity contribution in [1.29, 1.82) is 0 Å². The van der Waals surface area contributed by atoms with E-state index in [0.29, 0.717) is 0 Å². The Hall–Kier alpha value is -10.1.